The van der Waals surface area contributed by atoms with Crippen LogP contribution in [0, 0.1) is 5.82 Å². The highest BCUT2D eigenvalue weighted by Crippen LogP contribution is 2.31. The third-order valence-electron chi connectivity index (χ3n) is 5.50. The first-order valence-corrected chi connectivity index (χ1v) is 11.0. The molecule has 0 bridgehead atoms. The van der Waals surface area contributed by atoms with Crippen LogP contribution in [0.5, 0.6) is 0 Å². The van der Waals surface area contributed by atoms with Gasteiger partial charge in [-0.2, -0.15) is 0 Å². The quantitative estimate of drug-likeness (QED) is 0.257. The molecule has 0 saturated carbocycles. The van der Waals surface area contributed by atoms with Crippen LogP contribution in [0.2, 0.25) is 0 Å². The Balaban J connectivity index is 0.00000363. The number of benzene rings is 2. The van der Waals surface area contributed by atoms with Crippen LogP contribution in [0.15, 0.2) is 47.5 Å². The molecule has 32 heavy (non-hydrogen) atoms. The van der Waals surface area contributed by atoms with Gasteiger partial charge in [-0.25, -0.2) is 9.38 Å². The minimum Gasteiger partial charge on any atom is -0.370 e. The fourth-order valence-electron chi connectivity index (χ4n) is 3.89. The van der Waals surface area contributed by atoms with Crippen LogP contribution in [-0.4, -0.2) is 38.0 Å². The molecule has 6 nitrogen and oxygen atoms in total. The highest BCUT2D eigenvalue weighted by Gasteiger charge is 2.24. The summed E-state index contributed by atoms with van der Waals surface area (Å²) in [4.78, 5) is 18.6. The lowest BCUT2D eigenvalue weighted by atomic mass is 9.90. The van der Waals surface area contributed by atoms with Crippen LogP contribution < -0.4 is 20.9 Å². The number of hydrogen-bond acceptors (Lipinski definition) is 3. The Morgan fingerprint density at radius 1 is 1.16 bits per heavy atom. The highest BCUT2D eigenvalue weighted by molar-refractivity contribution is 14.0. The maximum Gasteiger partial charge on any atom is 0.225 e. The second-order valence-electron chi connectivity index (χ2n) is 7.57. The molecular formula is C24H33FIN5O. The summed E-state index contributed by atoms with van der Waals surface area (Å²) in [5.41, 5.74) is 3.43. The predicted octanol–water partition coefficient (Wildman–Crippen LogP) is 4.47. The summed E-state index contributed by atoms with van der Waals surface area (Å²) in [6.07, 6.45) is 0.432. The molecule has 2 aromatic rings. The summed E-state index contributed by atoms with van der Waals surface area (Å²) in [7, 11) is 0. The second kappa shape index (κ2) is 12.6. The van der Waals surface area contributed by atoms with Crippen molar-refractivity contribution in [3.8, 4) is 0 Å². The van der Waals surface area contributed by atoms with E-state index >= 15 is 0 Å². The molecule has 0 saturated heterocycles. The number of fused-ring (bicyclic) bond motifs is 1. The molecular weight excluding hydrogens is 520 g/mol. The monoisotopic (exact) mass is 553 g/mol. The van der Waals surface area contributed by atoms with E-state index in [1.54, 1.807) is 6.07 Å². The number of halogens is 2. The Kier molecular flexibility index (Phi) is 10.2. The van der Waals surface area contributed by atoms with Gasteiger partial charge in [0, 0.05) is 44.2 Å². The molecule has 174 valence electrons. The number of guanidine groups is 1. The van der Waals surface area contributed by atoms with E-state index in [2.05, 4.69) is 20.9 Å². The zero-order valence-corrected chi connectivity index (χ0v) is 21.3. The van der Waals surface area contributed by atoms with E-state index in [0.717, 1.165) is 29.9 Å². The predicted molar refractivity (Wildman–Crippen MR) is 141 cm³/mol. The molecule has 1 atom stereocenters. The van der Waals surface area contributed by atoms with E-state index in [0.29, 0.717) is 37.7 Å². The van der Waals surface area contributed by atoms with Gasteiger partial charge in [-0.1, -0.05) is 24.3 Å². The van der Waals surface area contributed by atoms with Gasteiger partial charge in [0.15, 0.2) is 5.96 Å². The van der Waals surface area contributed by atoms with Crippen molar-refractivity contribution >= 4 is 47.2 Å². The van der Waals surface area contributed by atoms with Crippen molar-refractivity contribution < 1.29 is 9.18 Å². The van der Waals surface area contributed by atoms with Crippen molar-refractivity contribution in [1.29, 1.82) is 0 Å². The average Bonchev–Trinajstić information content (AvgIpc) is 2.77. The summed E-state index contributed by atoms with van der Waals surface area (Å²) < 4.78 is 14.6. The molecule has 0 spiro atoms. The summed E-state index contributed by atoms with van der Waals surface area (Å²) in [6, 6.07) is 13.2. The van der Waals surface area contributed by atoms with Crippen LogP contribution in [0.1, 0.15) is 44.2 Å². The molecule has 0 radical (unpaired) electrons. The number of nitrogens with one attached hydrogen (secondary N) is 3. The molecule has 0 aliphatic carbocycles. The average molecular weight is 553 g/mol. The van der Waals surface area contributed by atoms with Crippen LogP contribution in [0.4, 0.5) is 15.8 Å². The molecule has 1 amide bonds. The Labute approximate surface area is 207 Å². The SMILES string of the molecule is CCNC(=NCc1ccc(N(CC)CC)c(F)c1)NCC1CC(=O)Nc2ccccc21.I. The number of amides is 1. The van der Waals surface area contributed by atoms with E-state index in [4.69, 9.17) is 0 Å². The first-order chi connectivity index (χ1) is 15.0. The number of nitrogens with zero attached hydrogens (tertiary/aromatic N) is 2. The minimum atomic E-state index is -0.223. The number of carbonyl (C=O) groups excluding carboxylic acids is 1. The smallest absolute Gasteiger partial charge is 0.225 e. The normalized spacial score (nSPS) is 15.3. The maximum atomic E-state index is 14.6. The molecule has 3 rings (SSSR count). The van der Waals surface area contributed by atoms with Crippen LogP contribution >= 0.6 is 24.0 Å². The number of carbonyl (C=O) groups is 1. The highest BCUT2D eigenvalue weighted by atomic mass is 127. The Bertz CT molecular complexity index is 932. The van der Waals surface area contributed by atoms with Gasteiger partial charge in [0.05, 0.1) is 12.2 Å². The van der Waals surface area contributed by atoms with E-state index < -0.39 is 0 Å². The molecule has 0 fully saturated rings. The summed E-state index contributed by atoms with van der Waals surface area (Å²) in [6.45, 7) is 9.23. The van der Waals surface area contributed by atoms with Crippen molar-refractivity contribution in [3.63, 3.8) is 0 Å². The van der Waals surface area contributed by atoms with Crippen molar-refractivity contribution in [1.82, 2.24) is 10.6 Å². The van der Waals surface area contributed by atoms with E-state index in [-0.39, 0.29) is 41.6 Å². The number of anilines is 2. The maximum absolute atomic E-state index is 14.6. The van der Waals surface area contributed by atoms with Gasteiger partial charge in [-0.3, -0.25) is 4.79 Å². The molecule has 8 heteroatoms. The minimum absolute atomic E-state index is 0. The molecule has 1 aliphatic rings. The van der Waals surface area contributed by atoms with Crippen LogP contribution in [-0.2, 0) is 11.3 Å². The standard InChI is InChI=1S/C24H32FN5O.HI/c1-4-26-24(27-15-17-11-12-22(20(25)13-17)30(5-2)6-3)28-16-18-14-23(31)29-21-10-8-7-9-19(18)21;/h7-13,18H,4-6,14-16H2,1-3H3,(H,29,31)(H2,26,27,28);1H. The van der Waals surface area contributed by atoms with Gasteiger partial charge in [0.25, 0.3) is 0 Å². The third-order valence-corrected chi connectivity index (χ3v) is 5.50. The zero-order valence-electron chi connectivity index (χ0n) is 19.0. The number of rotatable bonds is 8. The lowest BCUT2D eigenvalue weighted by molar-refractivity contribution is -0.116. The zero-order chi connectivity index (χ0) is 22.2. The van der Waals surface area contributed by atoms with E-state index in [1.807, 2.05) is 62.1 Å². The van der Waals surface area contributed by atoms with Crippen molar-refractivity contribution in [2.24, 2.45) is 4.99 Å². The van der Waals surface area contributed by atoms with Gasteiger partial charge in [-0.05, 0) is 50.1 Å². The fourth-order valence-corrected chi connectivity index (χ4v) is 3.89. The third kappa shape index (κ3) is 6.57. The van der Waals surface area contributed by atoms with E-state index in [1.165, 1.54) is 0 Å². The molecule has 3 N–H and O–H groups in total. The van der Waals surface area contributed by atoms with Gasteiger partial charge in [0.1, 0.15) is 5.82 Å². The van der Waals surface area contributed by atoms with Crippen molar-refractivity contribution in [2.75, 3.05) is 36.4 Å². The Hall–Kier alpha value is -2.36. The number of aliphatic imine (C=N–C) groups is 1. The first kappa shape index (κ1) is 25.9. The molecule has 0 aromatic heterocycles. The van der Waals surface area contributed by atoms with Gasteiger partial charge in [-0.15, -0.1) is 24.0 Å². The van der Waals surface area contributed by atoms with E-state index in [9.17, 15) is 9.18 Å². The summed E-state index contributed by atoms with van der Waals surface area (Å²) in [5.74, 6) is 0.522. The molecule has 1 heterocycles. The van der Waals surface area contributed by atoms with Crippen LogP contribution in [0.25, 0.3) is 0 Å². The fraction of sp³-hybridized carbons (Fsp3) is 0.417. The lowest BCUT2D eigenvalue weighted by Crippen LogP contribution is -2.40. The number of hydrogen-bond donors (Lipinski definition) is 3. The number of para-hydroxylation sites is 1. The molecule has 1 unspecified atom stereocenters. The largest absolute Gasteiger partial charge is 0.370 e. The second-order valence-corrected chi connectivity index (χ2v) is 7.57. The van der Waals surface area contributed by atoms with Gasteiger partial charge < -0.3 is 20.9 Å². The lowest BCUT2D eigenvalue weighted by Gasteiger charge is -2.26. The van der Waals surface area contributed by atoms with Gasteiger partial charge >= 0.3 is 0 Å². The Morgan fingerprint density at radius 2 is 1.91 bits per heavy atom. The van der Waals surface area contributed by atoms with Gasteiger partial charge in [0.2, 0.25) is 5.91 Å². The van der Waals surface area contributed by atoms with Crippen molar-refractivity contribution in [3.05, 3.63) is 59.4 Å². The Morgan fingerprint density at radius 3 is 2.59 bits per heavy atom. The summed E-state index contributed by atoms with van der Waals surface area (Å²) >= 11 is 0. The topological polar surface area (TPSA) is 68.8 Å². The first-order valence-electron chi connectivity index (χ1n) is 11.0. The molecule has 1 aliphatic heterocycles. The summed E-state index contributed by atoms with van der Waals surface area (Å²) in [5, 5.41) is 9.49. The molecule has 2 aromatic carbocycles. The van der Waals surface area contributed by atoms with Crippen molar-refractivity contribution in [2.45, 2.75) is 39.7 Å². The van der Waals surface area contributed by atoms with Crippen LogP contribution in [0.3, 0.4) is 0 Å².